The molecule has 0 atom stereocenters. The zero-order valence-electron chi connectivity index (χ0n) is 13.6. The number of methoxy groups -OCH3 is 2. The maximum atomic E-state index is 12.0. The van der Waals surface area contributed by atoms with Gasteiger partial charge in [0.05, 0.1) is 14.2 Å². The Morgan fingerprint density at radius 1 is 1.14 bits per heavy atom. The third-order valence-corrected chi connectivity index (χ3v) is 3.21. The molecular formula is C16H24N2O4. The number of amides is 2. The lowest BCUT2D eigenvalue weighted by atomic mass is 10.2. The van der Waals surface area contributed by atoms with Gasteiger partial charge in [-0.15, -0.1) is 0 Å². The van der Waals surface area contributed by atoms with Gasteiger partial charge in [0.25, 0.3) is 0 Å². The van der Waals surface area contributed by atoms with Gasteiger partial charge in [0.1, 0.15) is 0 Å². The Morgan fingerprint density at radius 2 is 1.82 bits per heavy atom. The van der Waals surface area contributed by atoms with Gasteiger partial charge < -0.3 is 19.7 Å². The molecule has 0 fully saturated rings. The summed E-state index contributed by atoms with van der Waals surface area (Å²) in [6, 6.07) is 5.17. The second kappa shape index (κ2) is 8.92. The number of carbonyl (C=O) groups excluding carboxylic acids is 2. The van der Waals surface area contributed by atoms with Gasteiger partial charge in [-0.3, -0.25) is 9.59 Å². The van der Waals surface area contributed by atoms with Crippen molar-refractivity contribution in [1.29, 1.82) is 0 Å². The van der Waals surface area contributed by atoms with E-state index in [2.05, 4.69) is 5.32 Å². The molecule has 0 aliphatic rings. The standard InChI is InChI=1S/C16H24N2O4/c1-5-9-18(12(2)19)10-8-16(20)17-13-6-7-14(21-3)15(11-13)22-4/h6-7,11H,5,8-10H2,1-4H3,(H,17,20). The molecule has 0 heterocycles. The molecule has 2 amide bonds. The highest BCUT2D eigenvalue weighted by Gasteiger charge is 2.11. The van der Waals surface area contributed by atoms with E-state index in [4.69, 9.17) is 9.47 Å². The summed E-state index contributed by atoms with van der Waals surface area (Å²) in [7, 11) is 3.10. The van der Waals surface area contributed by atoms with Crippen molar-refractivity contribution in [3.05, 3.63) is 18.2 Å². The molecule has 0 saturated carbocycles. The first-order valence-electron chi connectivity index (χ1n) is 7.29. The molecule has 122 valence electrons. The quantitative estimate of drug-likeness (QED) is 0.800. The normalized spacial score (nSPS) is 10.0. The van der Waals surface area contributed by atoms with Gasteiger partial charge in [-0.2, -0.15) is 0 Å². The number of hydrogen-bond acceptors (Lipinski definition) is 4. The molecule has 1 N–H and O–H groups in total. The van der Waals surface area contributed by atoms with Crippen molar-refractivity contribution in [3.63, 3.8) is 0 Å². The molecule has 1 rings (SSSR count). The number of benzene rings is 1. The van der Waals surface area contributed by atoms with Crippen LogP contribution >= 0.6 is 0 Å². The van der Waals surface area contributed by atoms with Crippen LogP contribution in [0.4, 0.5) is 5.69 Å². The number of ether oxygens (including phenoxy) is 2. The maximum absolute atomic E-state index is 12.0. The van der Waals surface area contributed by atoms with Crippen molar-refractivity contribution in [2.75, 3.05) is 32.6 Å². The molecule has 0 aliphatic heterocycles. The molecule has 0 saturated heterocycles. The Morgan fingerprint density at radius 3 is 2.36 bits per heavy atom. The summed E-state index contributed by atoms with van der Waals surface area (Å²) >= 11 is 0. The predicted molar refractivity (Wildman–Crippen MR) is 85.3 cm³/mol. The van der Waals surface area contributed by atoms with Crippen LogP contribution < -0.4 is 14.8 Å². The number of nitrogens with one attached hydrogen (secondary N) is 1. The van der Waals surface area contributed by atoms with Gasteiger partial charge in [0.15, 0.2) is 11.5 Å². The van der Waals surface area contributed by atoms with Crippen molar-refractivity contribution >= 4 is 17.5 Å². The lowest BCUT2D eigenvalue weighted by molar-refractivity contribution is -0.129. The third-order valence-electron chi connectivity index (χ3n) is 3.21. The molecule has 6 nitrogen and oxygen atoms in total. The maximum Gasteiger partial charge on any atom is 0.226 e. The van der Waals surface area contributed by atoms with Crippen LogP contribution in [0.1, 0.15) is 26.7 Å². The zero-order chi connectivity index (χ0) is 16.5. The fourth-order valence-corrected chi connectivity index (χ4v) is 2.07. The van der Waals surface area contributed by atoms with E-state index in [1.165, 1.54) is 6.92 Å². The highest BCUT2D eigenvalue weighted by Crippen LogP contribution is 2.29. The Bertz CT molecular complexity index is 517. The van der Waals surface area contributed by atoms with Crippen LogP contribution in [0.25, 0.3) is 0 Å². The fraction of sp³-hybridized carbons (Fsp3) is 0.500. The molecule has 0 aromatic heterocycles. The average Bonchev–Trinajstić information content (AvgIpc) is 2.50. The minimum atomic E-state index is -0.144. The van der Waals surface area contributed by atoms with Crippen molar-refractivity contribution < 1.29 is 19.1 Å². The van der Waals surface area contributed by atoms with E-state index in [1.807, 2.05) is 6.92 Å². The van der Waals surface area contributed by atoms with Crippen LogP contribution in [-0.4, -0.2) is 44.0 Å². The van der Waals surface area contributed by atoms with E-state index in [1.54, 1.807) is 37.3 Å². The zero-order valence-corrected chi connectivity index (χ0v) is 13.6. The first-order valence-corrected chi connectivity index (χ1v) is 7.29. The number of rotatable bonds is 8. The molecule has 0 spiro atoms. The lowest BCUT2D eigenvalue weighted by Crippen LogP contribution is -2.32. The third kappa shape index (κ3) is 5.27. The Labute approximate surface area is 131 Å². The van der Waals surface area contributed by atoms with E-state index in [9.17, 15) is 9.59 Å². The number of nitrogens with zero attached hydrogens (tertiary/aromatic N) is 1. The van der Waals surface area contributed by atoms with Crippen LogP contribution in [0.3, 0.4) is 0 Å². The fourth-order valence-electron chi connectivity index (χ4n) is 2.07. The average molecular weight is 308 g/mol. The second-order valence-corrected chi connectivity index (χ2v) is 4.87. The minimum absolute atomic E-state index is 0.0132. The Hall–Kier alpha value is -2.24. The summed E-state index contributed by atoms with van der Waals surface area (Å²) in [5.41, 5.74) is 0.632. The van der Waals surface area contributed by atoms with E-state index in [0.717, 1.165) is 6.42 Å². The highest BCUT2D eigenvalue weighted by atomic mass is 16.5. The van der Waals surface area contributed by atoms with Crippen molar-refractivity contribution in [1.82, 2.24) is 4.90 Å². The molecule has 1 aromatic rings. The molecular weight excluding hydrogens is 284 g/mol. The molecule has 22 heavy (non-hydrogen) atoms. The van der Waals surface area contributed by atoms with E-state index in [0.29, 0.717) is 30.3 Å². The molecule has 0 aliphatic carbocycles. The summed E-state index contributed by atoms with van der Waals surface area (Å²) < 4.78 is 10.3. The molecule has 0 bridgehead atoms. The minimum Gasteiger partial charge on any atom is -0.493 e. The Balaban J connectivity index is 2.59. The molecule has 0 radical (unpaired) electrons. The van der Waals surface area contributed by atoms with E-state index in [-0.39, 0.29) is 18.2 Å². The van der Waals surface area contributed by atoms with Gasteiger partial charge in [-0.25, -0.2) is 0 Å². The Kier molecular flexibility index (Phi) is 7.22. The SMILES string of the molecule is CCCN(CCC(=O)Nc1ccc(OC)c(OC)c1)C(C)=O. The molecule has 1 aromatic carbocycles. The highest BCUT2D eigenvalue weighted by molar-refractivity contribution is 5.91. The predicted octanol–water partition coefficient (Wildman–Crippen LogP) is 2.29. The number of hydrogen-bond donors (Lipinski definition) is 1. The lowest BCUT2D eigenvalue weighted by Gasteiger charge is -2.19. The first-order chi connectivity index (χ1) is 10.5. The van der Waals surface area contributed by atoms with Crippen molar-refractivity contribution in [2.45, 2.75) is 26.7 Å². The molecule has 6 heteroatoms. The van der Waals surface area contributed by atoms with Crippen LogP contribution in [0.2, 0.25) is 0 Å². The van der Waals surface area contributed by atoms with E-state index < -0.39 is 0 Å². The van der Waals surface area contributed by atoms with E-state index >= 15 is 0 Å². The van der Waals surface area contributed by atoms with Crippen LogP contribution in [0, 0.1) is 0 Å². The van der Waals surface area contributed by atoms with Gasteiger partial charge in [0, 0.05) is 38.2 Å². The largest absolute Gasteiger partial charge is 0.493 e. The van der Waals surface area contributed by atoms with Crippen LogP contribution in [-0.2, 0) is 9.59 Å². The summed E-state index contributed by atoms with van der Waals surface area (Å²) in [5, 5.41) is 2.79. The van der Waals surface area contributed by atoms with Crippen molar-refractivity contribution in [2.24, 2.45) is 0 Å². The summed E-state index contributed by atoms with van der Waals surface area (Å²) in [5.74, 6) is 0.998. The van der Waals surface area contributed by atoms with Gasteiger partial charge >= 0.3 is 0 Å². The molecule has 0 unspecified atom stereocenters. The van der Waals surface area contributed by atoms with Crippen LogP contribution in [0.5, 0.6) is 11.5 Å². The topological polar surface area (TPSA) is 67.9 Å². The summed E-state index contributed by atoms with van der Waals surface area (Å²) in [6.07, 6.45) is 1.13. The van der Waals surface area contributed by atoms with Crippen LogP contribution in [0.15, 0.2) is 18.2 Å². The summed E-state index contributed by atoms with van der Waals surface area (Å²) in [4.78, 5) is 25.1. The monoisotopic (exact) mass is 308 g/mol. The van der Waals surface area contributed by atoms with Gasteiger partial charge in [0.2, 0.25) is 11.8 Å². The summed E-state index contributed by atoms with van der Waals surface area (Å²) in [6.45, 7) is 4.60. The number of anilines is 1. The van der Waals surface area contributed by atoms with Crippen molar-refractivity contribution in [3.8, 4) is 11.5 Å². The second-order valence-electron chi connectivity index (χ2n) is 4.87. The van der Waals surface area contributed by atoms with Gasteiger partial charge in [-0.05, 0) is 18.6 Å². The smallest absolute Gasteiger partial charge is 0.226 e. The van der Waals surface area contributed by atoms with Gasteiger partial charge in [-0.1, -0.05) is 6.92 Å². The first kappa shape index (κ1) is 17.8. The number of carbonyl (C=O) groups is 2.